The van der Waals surface area contributed by atoms with Gasteiger partial charge in [-0.25, -0.2) is 0 Å². The van der Waals surface area contributed by atoms with E-state index in [0.717, 1.165) is 25.7 Å². The second-order valence-corrected chi connectivity index (χ2v) is 3.88. The van der Waals surface area contributed by atoms with Gasteiger partial charge in [-0.2, -0.15) is 0 Å². The lowest BCUT2D eigenvalue weighted by molar-refractivity contribution is -0.00286. The molecule has 0 spiro atoms. The fraction of sp³-hybridized carbons (Fsp3) is 1.00. The van der Waals surface area contributed by atoms with Crippen LogP contribution in [-0.4, -0.2) is 39.0 Å². The first-order valence-corrected chi connectivity index (χ1v) is 5.67. The summed E-state index contributed by atoms with van der Waals surface area (Å²) in [5.74, 6) is 0.758. The van der Waals surface area contributed by atoms with E-state index in [1.54, 1.807) is 7.11 Å². The van der Waals surface area contributed by atoms with Crippen LogP contribution in [0.25, 0.3) is 0 Å². The molecule has 0 saturated heterocycles. The van der Waals surface area contributed by atoms with Crippen molar-refractivity contribution >= 4 is 0 Å². The minimum absolute atomic E-state index is 0.347. The Bertz CT molecular complexity index is 142. The van der Waals surface area contributed by atoms with E-state index in [2.05, 4.69) is 19.2 Å². The Morgan fingerprint density at radius 3 is 2.50 bits per heavy atom. The normalized spacial score (nSPS) is 20.8. The molecule has 3 nitrogen and oxygen atoms in total. The van der Waals surface area contributed by atoms with Gasteiger partial charge in [0, 0.05) is 13.7 Å². The van der Waals surface area contributed by atoms with E-state index in [4.69, 9.17) is 9.47 Å². The van der Waals surface area contributed by atoms with Crippen LogP contribution >= 0.6 is 0 Å². The topological polar surface area (TPSA) is 30.5 Å². The summed E-state index contributed by atoms with van der Waals surface area (Å²) >= 11 is 0. The summed E-state index contributed by atoms with van der Waals surface area (Å²) < 4.78 is 11.0. The van der Waals surface area contributed by atoms with Gasteiger partial charge in [-0.15, -0.1) is 0 Å². The summed E-state index contributed by atoms with van der Waals surface area (Å²) in [6.07, 6.45) is 2.98. The number of methoxy groups -OCH3 is 1. The molecule has 0 heterocycles. The van der Waals surface area contributed by atoms with E-state index in [1.807, 2.05) is 0 Å². The summed E-state index contributed by atoms with van der Waals surface area (Å²) in [6, 6.07) is 0.359. The van der Waals surface area contributed by atoms with E-state index in [0.29, 0.717) is 12.1 Å². The highest BCUT2D eigenvalue weighted by molar-refractivity contribution is 4.90. The van der Waals surface area contributed by atoms with Gasteiger partial charge in [0.2, 0.25) is 0 Å². The van der Waals surface area contributed by atoms with E-state index in [-0.39, 0.29) is 0 Å². The molecular weight excluding hydrogens is 178 g/mol. The van der Waals surface area contributed by atoms with Gasteiger partial charge in [-0.3, -0.25) is 0 Å². The molecule has 1 saturated carbocycles. The van der Waals surface area contributed by atoms with Gasteiger partial charge in [-0.1, -0.05) is 6.92 Å². The predicted octanol–water partition coefficient (Wildman–Crippen LogP) is 1.43. The van der Waals surface area contributed by atoms with E-state index in [1.165, 1.54) is 12.8 Å². The molecule has 2 unspecified atom stereocenters. The summed E-state index contributed by atoms with van der Waals surface area (Å²) in [5.41, 5.74) is 0. The lowest BCUT2D eigenvalue weighted by atomic mass is 10.1. The third-order valence-corrected chi connectivity index (χ3v) is 2.65. The van der Waals surface area contributed by atoms with Crippen molar-refractivity contribution in [3.05, 3.63) is 0 Å². The van der Waals surface area contributed by atoms with Crippen LogP contribution in [-0.2, 0) is 9.47 Å². The second kappa shape index (κ2) is 6.38. The van der Waals surface area contributed by atoms with Crippen LogP contribution in [0.3, 0.4) is 0 Å². The molecule has 3 heteroatoms. The molecule has 0 amide bonds. The number of hydrogen-bond donors (Lipinski definition) is 1. The van der Waals surface area contributed by atoms with Crippen molar-refractivity contribution in [3.8, 4) is 0 Å². The molecule has 0 radical (unpaired) electrons. The minimum atomic E-state index is 0.347. The van der Waals surface area contributed by atoms with Crippen LogP contribution < -0.4 is 5.32 Å². The predicted molar refractivity (Wildman–Crippen MR) is 57.5 cm³/mol. The van der Waals surface area contributed by atoms with Gasteiger partial charge >= 0.3 is 0 Å². The minimum Gasteiger partial charge on any atom is -0.383 e. The Morgan fingerprint density at radius 2 is 2.07 bits per heavy atom. The van der Waals surface area contributed by atoms with E-state index in [9.17, 15) is 0 Å². The third-order valence-electron chi connectivity index (χ3n) is 2.65. The Kier molecular flexibility index (Phi) is 5.45. The van der Waals surface area contributed by atoms with Crippen molar-refractivity contribution in [2.24, 2.45) is 5.92 Å². The number of rotatable bonds is 8. The number of nitrogens with one attached hydrogen (secondary N) is 1. The molecule has 1 fully saturated rings. The summed E-state index contributed by atoms with van der Waals surface area (Å²) in [4.78, 5) is 0. The van der Waals surface area contributed by atoms with Crippen molar-refractivity contribution in [2.45, 2.75) is 38.8 Å². The van der Waals surface area contributed by atoms with Gasteiger partial charge in [0.15, 0.2) is 0 Å². The molecule has 14 heavy (non-hydrogen) atoms. The highest BCUT2D eigenvalue weighted by Crippen LogP contribution is 2.35. The zero-order chi connectivity index (χ0) is 10.4. The monoisotopic (exact) mass is 201 g/mol. The standard InChI is InChI=1S/C11H23NO2/c1-4-12-10(8-13-3)11(14-5-2)9-6-7-9/h9-12H,4-8H2,1-3H3. The maximum Gasteiger partial charge on any atom is 0.0778 e. The zero-order valence-corrected chi connectivity index (χ0v) is 9.58. The number of likely N-dealkylation sites (N-methyl/N-ethyl adjacent to an activating group) is 1. The molecule has 0 aromatic carbocycles. The van der Waals surface area contributed by atoms with Crippen molar-refractivity contribution in [3.63, 3.8) is 0 Å². The highest BCUT2D eigenvalue weighted by Gasteiger charge is 2.36. The SMILES string of the molecule is CCNC(COC)C(OCC)C1CC1. The molecule has 84 valence electrons. The molecule has 1 rings (SSSR count). The van der Waals surface area contributed by atoms with Gasteiger partial charge in [0.1, 0.15) is 0 Å². The maximum atomic E-state index is 5.79. The fourth-order valence-electron chi connectivity index (χ4n) is 1.91. The lowest BCUT2D eigenvalue weighted by Gasteiger charge is -2.27. The molecule has 1 aliphatic rings. The Morgan fingerprint density at radius 1 is 1.36 bits per heavy atom. The van der Waals surface area contributed by atoms with Crippen LogP contribution in [0.2, 0.25) is 0 Å². The van der Waals surface area contributed by atoms with Crippen LogP contribution in [0.4, 0.5) is 0 Å². The van der Waals surface area contributed by atoms with Crippen molar-refractivity contribution in [1.29, 1.82) is 0 Å². The summed E-state index contributed by atoms with van der Waals surface area (Å²) in [6.45, 7) is 6.70. The van der Waals surface area contributed by atoms with Crippen molar-refractivity contribution in [1.82, 2.24) is 5.32 Å². The first-order chi connectivity index (χ1) is 6.83. The average Bonchev–Trinajstić information content (AvgIpc) is 2.97. The Balaban J connectivity index is 2.41. The Labute approximate surface area is 87.2 Å². The molecule has 0 aromatic heterocycles. The van der Waals surface area contributed by atoms with Crippen LogP contribution in [0.1, 0.15) is 26.7 Å². The molecule has 0 aliphatic heterocycles. The molecular formula is C11H23NO2. The molecule has 1 N–H and O–H groups in total. The summed E-state index contributed by atoms with van der Waals surface area (Å²) in [5, 5.41) is 3.44. The van der Waals surface area contributed by atoms with Crippen LogP contribution in [0.5, 0.6) is 0 Å². The van der Waals surface area contributed by atoms with Crippen LogP contribution in [0.15, 0.2) is 0 Å². The smallest absolute Gasteiger partial charge is 0.0778 e. The van der Waals surface area contributed by atoms with E-state index < -0.39 is 0 Å². The molecule has 0 bridgehead atoms. The number of hydrogen-bond acceptors (Lipinski definition) is 3. The average molecular weight is 201 g/mol. The highest BCUT2D eigenvalue weighted by atomic mass is 16.5. The fourth-order valence-corrected chi connectivity index (χ4v) is 1.91. The molecule has 1 aliphatic carbocycles. The number of ether oxygens (including phenoxy) is 2. The van der Waals surface area contributed by atoms with Gasteiger partial charge in [-0.05, 0) is 32.2 Å². The maximum absolute atomic E-state index is 5.79. The van der Waals surface area contributed by atoms with Crippen molar-refractivity contribution in [2.75, 3.05) is 26.9 Å². The quantitative estimate of drug-likeness (QED) is 0.644. The largest absolute Gasteiger partial charge is 0.383 e. The molecule has 0 aromatic rings. The Hall–Kier alpha value is -0.120. The summed E-state index contributed by atoms with van der Waals surface area (Å²) in [7, 11) is 1.75. The van der Waals surface area contributed by atoms with Gasteiger partial charge < -0.3 is 14.8 Å². The first-order valence-electron chi connectivity index (χ1n) is 5.67. The van der Waals surface area contributed by atoms with Gasteiger partial charge in [0.05, 0.1) is 18.8 Å². The lowest BCUT2D eigenvalue weighted by Crippen LogP contribution is -2.45. The molecule has 2 atom stereocenters. The van der Waals surface area contributed by atoms with Crippen LogP contribution in [0, 0.1) is 5.92 Å². The third kappa shape index (κ3) is 3.56. The van der Waals surface area contributed by atoms with Crippen molar-refractivity contribution < 1.29 is 9.47 Å². The first kappa shape index (κ1) is 12.0. The van der Waals surface area contributed by atoms with Gasteiger partial charge in [0.25, 0.3) is 0 Å². The second-order valence-electron chi connectivity index (χ2n) is 3.88. The zero-order valence-electron chi connectivity index (χ0n) is 9.58. The van der Waals surface area contributed by atoms with E-state index >= 15 is 0 Å².